The fraction of sp³-hybridized carbons (Fsp3) is 0.273. The van der Waals surface area contributed by atoms with Gasteiger partial charge < -0.3 is 20.4 Å². The second-order valence-electron chi connectivity index (χ2n) is 6.63. The standard InChI is InChI=1S/C22H26N4O2/c1-2-28-20-10-6-9-18(11-20)13-24-22(27)21(23)12-19-15-26(16-25-19)14-17-7-4-3-5-8-17/h3-11,15-16,21H,2,12-14,23H2,1H3,(H,24,27)/t21-/m0/s1. The average Bonchev–Trinajstić information content (AvgIpc) is 3.14. The van der Waals surface area contributed by atoms with Crippen LogP contribution in [0, 0.1) is 0 Å². The predicted octanol–water partition coefficient (Wildman–Crippen LogP) is 2.52. The Kier molecular flexibility index (Phi) is 6.81. The van der Waals surface area contributed by atoms with Gasteiger partial charge in [-0.05, 0) is 30.2 Å². The van der Waals surface area contributed by atoms with Gasteiger partial charge in [-0.1, -0.05) is 42.5 Å². The Balaban J connectivity index is 1.49. The number of nitrogens with zero attached hydrogens (tertiary/aromatic N) is 2. The summed E-state index contributed by atoms with van der Waals surface area (Å²) in [7, 11) is 0. The van der Waals surface area contributed by atoms with E-state index in [0.717, 1.165) is 23.6 Å². The van der Waals surface area contributed by atoms with Crippen LogP contribution in [0.1, 0.15) is 23.7 Å². The second-order valence-corrected chi connectivity index (χ2v) is 6.63. The summed E-state index contributed by atoms with van der Waals surface area (Å²) < 4.78 is 7.47. The third-order valence-electron chi connectivity index (χ3n) is 4.34. The highest BCUT2D eigenvalue weighted by Crippen LogP contribution is 2.13. The molecular weight excluding hydrogens is 352 g/mol. The molecule has 3 aromatic rings. The van der Waals surface area contributed by atoms with Gasteiger partial charge in [0.2, 0.25) is 5.91 Å². The van der Waals surface area contributed by atoms with Crippen molar-refractivity contribution in [3.63, 3.8) is 0 Å². The lowest BCUT2D eigenvalue weighted by molar-refractivity contribution is -0.122. The van der Waals surface area contributed by atoms with Gasteiger partial charge >= 0.3 is 0 Å². The number of carbonyl (C=O) groups excluding carboxylic acids is 1. The second kappa shape index (κ2) is 9.71. The van der Waals surface area contributed by atoms with Crippen molar-refractivity contribution in [2.45, 2.75) is 32.5 Å². The quantitative estimate of drug-likeness (QED) is 0.599. The van der Waals surface area contributed by atoms with Crippen LogP contribution in [0.15, 0.2) is 67.1 Å². The number of imidazole rings is 1. The van der Waals surface area contributed by atoms with Crippen LogP contribution in [-0.2, 0) is 24.3 Å². The number of carbonyl (C=O) groups is 1. The topological polar surface area (TPSA) is 82.2 Å². The van der Waals surface area contributed by atoms with Gasteiger partial charge in [-0.3, -0.25) is 4.79 Å². The van der Waals surface area contributed by atoms with Gasteiger partial charge in [-0.15, -0.1) is 0 Å². The minimum absolute atomic E-state index is 0.195. The fourth-order valence-corrected chi connectivity index (χ4v) is 2.94. The summed E-state index contributed by atoms with van der Waals surface area (Å²) in [5.74, 6) is 0.599. The van der Waals surface area contributed by atoms with Gasteiger partial charge in [-0.2, -0.15) is 0 Å². The molecule has 1 heterocycles. The van der Waals surface area contributed by atoms with Gasteiger partial charge in [0.25, 0.3) is 0 Å². The lowest BCUT2D eigenvalue weighted by Crippen LogP contribution is -2.41. The number of ether oxygens (including phenoxy) is 1. The highest BCUT2D eigenvalue weighted by atomic mass is 16.5. The van der Waals surface area contributed by atoms with E-state index in [1.54, 1.807) is 6.33 Å². The van der Waals surface area contributed by atoms with Gasteiger partial charge in [-0.25, -0.2) is 4.98 Å². The third kappa shape index (κ3) is 5.69. The maximum Gasteiger partial charge on any atom is 0.237 e. The smallest absolute Gasteiger partial charge is 0.237 e. The van der Waals surface area contributed by atoms with Gasteiger partial charge in [0.05, 0.1) is 24.7 Å². The molecule has 0 fully saturated rings. The van der Waals surface area contributed by atoms with Crippen LogP contribution in [0.5, 0.6) is 5.75 Å². The van der Waals surface area contributed by atoms with Crippen LogP contribution >= 0.6 is 0 Å². The Morgan fingerprint density at radius 1 is 1.18 bits per heavy atom. The molecule has 3 rings (SSSR count). The molecular formula is C22H26N4O2. The molecule has 146 valence electrons. The van der Waals surface area contributed by atoms with Gasteiger partial charge in [0.15, 0.2) is 0 Å². The summed E-state index contributed by atoms with van der Waals surface area (Å²) in [6.07, 6.45) is 4.10. The monoisotopic (exact) mass is 378 g/mol. The molecule has 0 unspecified atom stereocenters. The van der Waals surface area contributed by atoms with Crippen LogP contribution < -0.4 is 15.8 Å². The summed E-state index contributed by atoms with van der Waals surface area (Å²) in [5.41, 5.74) is 9.04. The number of benzene rings is 2. The number of hydrogen-bond acceptors (Lipinski definition) is 4. The van der Waals surface area contributed by atoms with E-state index in [2.05, 4.69) is 22.4 Å². The molecule has 3 N–H and O–H groups in total. The number of nitrogens with one attached hydrogen (secondary N) is 1. The lowest BCUT2D eigenvalue weighted by Gasteiger charge is -2.12. The SMILES string of the molecule is CCOc1cccc(CNC(=O)[C@@H](N)Cc2cn(Cc3ccccc3)cn2)c1. The van der Waals surface area contributed by atoms with Crippen molar-refractivity contribution >= 4 is 5.91 Å². The summed E-state index contributed by atoms with van der Waals surface area (Å²) in [5, 5.41) is 2.88. The first-order valence-electron chi connectivity index (χ1n) is 9.43. The molecule has 0 spiro atoms. The number of rotatable bonds is 9. The minimum atomic E-state index is -0.643. The summed E-state index contributed by atoms with van der Waals surface area (Å²) >= 11 is 0. The number of aromatic nitrogens is 2. The third-order valence-corrected chi connectivity index (χ3v) is 4.34. The van der Waals surface area contributed by atoms with E-state index in [1.807, 2.05) is 60.2 Å². The van der Waals surface area contributed by atoms with Crippen LogP contribution in [0.3, 0.4) is 0 Å². The van der Waals surface area contributed by atoms with Crippen molar-refractivity contribution in [1.82, 2.24) is 14.9 Å². The van der Waals surface area contributed by atoms with E-state index in [4.69, 9.17) is 10.5 Å². The van der Waals surface area contributed by atoms with E-state index < -0.39 is 6.04 Å². The van der Waals surface area contributed by atoms with E-state index >= 15 is 0 Å². The molecule has 1 amide bonds. The van der Waals surface area contributed by atoms with Crippen molar-refractivity contribution in [3.05, 3.63) is 83.9 Å². The zero-order valence-corrected chi connectivity index (χ0v) is 16.0. The Bertz CT molecular complexity index is 892. The van der Waals surface area contributed by atoms with Crippen LogP contribution in [0.4, 0.5) is 0 Å². The van der Waals surface area contributed by atoms with Crippen molar-refractivity contribution in [1.29, 1.82) is 0 Å². The van der Waals surface area contributed by atoms with Crippen LogP contribution in [-0.4, -0.2) is 28.1 Å². The van der Waals surface area contributed by atoms with Crippen molar-refractivity contribution in [2.24, 2.45) is 5.73 Å². The average molecular weight is 378 g/mol. The summed E-state index contributed by atoms with van der Waals surface area (Å²) in [6, 6.07) is 17.2. The fourth-order valence-electron chi connectivity index (χ4n) is 2.94. The summed E-state index contributed by atoms with van der Waals surface area (Å²) in [4.78, 5) is 16.7. The number of hydrogen-bond donors (Lipinski definition) is 2. The molecule has 6 heteroatoms. The van der Waals surface area contributed by atoms with Crippen LogP contribution in [0.2, 0.25) is 0 Å². The molecule has 0 aliphatic heterocycles. The molecule has 0 saturated carbocycles. The Hall–Kier alpha value is -3.12. The first-order chi connectivity index (χ1) is 13.6. The Morgan fingerprint density at radius 2 is 1.96 bits per heavy atom. The predicted molar refractivity (Wildman–Crippen MR) is 109 cm³/mol. The molecule has 0 saturated heterocycles. The van der Waals surface area contributed by atoms with Crippen LogP contribution in [0.25, 0.3) is 0 Å². The van der Waals surface area contributed by atoms with E-state index in [1.165, 1.54) is 5.56 Å². The van der Waals surface area contributed by atoms with Crippen molar-refractivity contribution in [2.75, 3.05) is 6.61 Å². The minimum Gasteiger partial charge on any atom is -0.494 e. The maximum atomic E-state index is 12.3. The molecule has 1 atom stereocenters. The molecule has 6 nitrogen and oxygen atoms in total. The highest BCUT2D eigenvalue weighted by molar-refractivity contribution is 5.81. The first-order valence-corrected chi connectivity index (χ1v) is 9.43. The van der Waals surface area contributed by atoms with E-state index in [-0.39, 0.29) is 5.91 Å². The number of nitrogens with two attached hydrogens (primary N) is 1. The Morgan fingerprint density at radius 3 is 2.75 bits per heavy atom. The Labute approximate surface area is 165 Å². The van der Waals surface area contributed by atoms with Gasteiger partial charge in [0, 0.05) is 25.7 Å². The van der Waals surface area contributed by atoms with E-state index in [0.29, 0.717) is 19.6 Å². The lowest BCUT2D eigenvalue weighted by atomic mass is 10.1. The van der Waals surface area contributed by atoms with Gasteiger partial charge in [0.1, 0.15) is 5.75 Å². The van der Waals surface area contributed by atoms with E-state index in [9.17, 15) is 4.79 Å². The zero-order chi connectivity index (χ0) is 19.8. The maximum absolute atomic E-state index is 12.3. The normalized spacial score (nSPS) is 11.8. The molecule has 1 aromatic heterocycles. The molecule has 0 bridgehead atoms. The summed E-state index contributed by atoms with van der Waals surface area (Å²) in [6.45, 7) is 3.70. The first kappa shape index (κ1) is 19.6. The largest absolute Gasteiger partial charge is 0.494 e. The highest BCUT2D eigenvalue weighted by Gasteiger charge is 2.15. The molecule has 0 aliphatic carbocycles. The molecule has 0 aliphatic rings. The number of amides is 1. The molecule has 2 aromatic carbocycles. The molecule has 0 radical (unpaired) electrons. The van der Waals surface area contributed by atoms with Crippen molar-refractivity contribution in [3.8, 4) is 5.75 Å². The zero-order valence-electron chi connectivity index (χ0n) is 16.0. The van der Waals surface area contributed by atoms with Crippen molar-refractivity contribution < 1.29 is 9.53 Å². The molecule has 28 heavy (non-hydrogen) atoms.